The van der Waals surface area contributed by atoms with Crippen molar-refractivity contribution in [1.29, 1.82) is 0 Å². The molecule has 0 spiro atoms. The van der Waals surface area contributed by atoms with Gasteiger partial charge in [0.1, 0.15) is 23.4 Å². The molecule has 0 aliphatic carbocycles. The van der Waals surface area contributed by atoms with Crippen LogP contribution in [0.3, 0.4) is 0 Å². The molecule has 10 heteroatoms. The first-order valence-corrected chi connectivity index (χ1v) is 10.2. The first-order valence-electron chi connectivity index (χ1n) is 10.2. The SMILES string of the molecule is Cc1nc(-c2nccc(N(C(N)=O)c3cc(-c4ccnc(C(C)(C)O)n4)ccc3C)n2)co1. The summed E-state index contributed by atoms with van der Waals surface area (Å²) in [5.74, 6) is 1.35. The number of aliphatic hydroxyl groups is 1. The summed E-state index contributed by atoms with van der Waals surface area (Å²) < 4.78 is 5.24. The van der Waals surface area contributed by atoms with Crippen molar-refractivity contribution in [2.75, 3.05) is 4.90 Å². The summed E-state index contributed by atoms with van der Waals surface area (Å²) in [7, 11) is 0. The van der Waals surface area contributed by atoms with Crippen molar-refractivity contribution < 1.29 is 14.3 Å². The van der Waals surface area contributed by atoms with Crippen LogP contribution in [0, 0.1) is 13.8 Å². The molecule has 0 bridgehead atoms. The van der Waals surface area contributed by atoms with Gasteiger partial charge in [0.15, 0.2) is 17.5 Å². The number of rotatable bonds is 5. The van der Waals surface area contributed by atoms with E-state index < -0.39 is 11.6 Å². The molecular formula is C23H23N7O3. The van der Waals surface area contributed by atoms with E-state index in [-0.39, 0.29) is 11.6 Å². The standard InChI is InChI=1S/C23H23N7O3/c1-13-5-6-15(16-7-9-26-21(28-16)23(3,4)32)11-18(13)30(22(24)31)19-8-10-25-20(29-19)17-12-33-14(2)27-17/h5-12,32H,1-4H3,(H2,24,31). The van der Waals surface area contributed by atoms with Gasteiger partial charge in [-0.15, -0.1) is 0 Å². The van der Waals surface area contributed by atoms with Crippen molar-refractivity contribution >= 4 is 17.5 Å². The Hall–Kier alpha value is -4.18. The number of carbonyl (C=O) groups excluding carboxylic acids is 1. The van der Waals surface area contributed by atoms with E-state index in [4.69, 9.17) is 10.2 Å². The average molecular weight is 445 g/mol. The summed E-state index contributed by atoms with van der Waals surface area (Å²) in [5.41, 5.74) is 7.66. The Labute approximate surface area is 190 Å². The third-order valence-corrected chi connectivity index (χ3v) is 4.89. The zero-order valence-electron chi connectivity index (χ0n) is 18.6. The fourth-order valence-corrected chi connectivity index (χ4v) is 3.24. The lowest BCUT2D eigenvalue weighted by Gasteiger charge is -2.22. The van der Waals surface area contributed by atoms with Gasteiger partial charge in [0.25, 0.3) is 0 Å². The Morgan fingerprint density at radius 2 is 1.79 bits per heavy atom. The Kier molecular flexibility index (Phi) is 5.60. The summed E-state index contributed by atoms with van der Waals surface area (Å²) in [4.78, 5) is 35.4. The Bertz CT molecular complexity index is 1330. The third kappa shape index (κ3) is 4.55. The maximum Gasteiger partial charge on any atom is 0.325 e. The van der Waals surface area contributed by atoms with Crippen LogP contribution in [-0.2, 0) is 5.60 Å². The van der Waals surface area contributed by atoms with Gasteiger partial charge in [-0.25, -0.2) is 34.6 Å². The summed E-state index contributed by atoms with van der Waals surface area (Å²) in [5, 5.41) is 10.3. The molecule has 0 fully saturated rings. The molecule has 0 atom stereocenters. The second-order valence-corrected chi connectivity index (χ2v) is 7.99. The molecule has 0 aliphatic heterocycles. The van der Waals surface area contributed by atoms with Crippen molar-refractivity contribution in [2.45, 2.75) is 33.3 Å². The predicted octanol–water partition coefficient (Wildman–Crippen LogP) is 3.65. The number of oxazole rings is 1. The van der Waals surface area contributed by atoms with E-state index in [0.29, 0.717) is 28.8 Å². The molecule has 3 N–H and O–H groups in total. The molecule has 168 valence electrons. The lowest BCUT2D eigenvalue weighted by Crippen LogP contribution is -2.32. The number of aryl methyl sites for hydroxylation is 2. The van der Waals surface area contributed by atoms with Crippen LogP contribution in [0.1, 0.15) is 31.1 Å². The van der Waals surface area contributed by atoms with Gasteiger partial charge in [0.2, 0.25) is 0 Å². The quantitative estimate of drug-likeness (QED) is 0.474. The summed E-state index contributed by atoms with van der Waals surface area (Å²) in [6.45, 7) is 6.81. The molecule has 0 unspecified atom stereocenters. The van der Waals surface area contributed by atoms with Crippen molar-refractivity contribution in [2.24, 2.45) is 5.73 Å². The van der Waals surface area contributed by atoms with E-state index in [1.54, 1.807) is 45.2 Å². The molecule has 3 heterocycles. The maximum absolute atomic E-state index is 12.5. The average Bonchev–Trinajstić information content (AvgIpc) is 3.21. The summed E-state index contributed by atoms with van der Waals surface area (Å²) in [6.07, 6.45) is 4.55. The molecule has 0 saturated carbocycles. The lowest BCUT2D eigenvalue weighted by molar-refractivity contribution is 0.0688. The minimum atomic E-state index is -1.19. The Morgan fingerprint density at radius 1 is 1.03 bits per heavy atom. The Balaban J connectivity index is 1.79. The minimum absolute atomic E-state index is 0.285. The fourth-order valence-electron chi connectivity index (χ4n) is 3.24. The van der Waals surface area contributed by atoms with Gasteiger partial charge in [-0.1, -0.05) is 12.1 Å². The van der Waals surface area contributed by atoms with Crippen molar-refractivity contribution in [3.8, 4) is 22.8 Å². The van der Waals surface area contributed by atoms with Crippen LogP contribution in [0.2, 0.25) is 0 Å². The van der Waals surface area contributed by atoms with E-state index in [0.717, 1.165) is 11.1 Å². The third-order valence-electron chi connectivity index (χ3n) is 4.89. The van der Waals surface area contributed by atoms with Crippen LogP contribution in [0.5, 0.6) is 0 Å². The largest absolute Gasteiger partial charge is 0.449 e. The smallest absolute Gasteiger partial charge is 0.325 e. The number of primary amides is 1. The number of nitrogens with two attached hydrogens (primary N) is 1. The van der Waals surface area contributed by atoms with Crippen molar-refractivity contribution in [3.05, 3.63) is 66.3 Å². The molecule has 0 saturated heterocycles. The van der Waals surface area contributed by atoms with E-state index in [9.17, 15) is 9.90 Å². The first-order chi connectivity index (χ1) is 15.6. The number of urea groups is 1. The second-order valence-electron chi connectivity index (χ2n) is 7.99. The summed E-state index contributed by atoms with van der Waals surface area (Å²) >= 11 is 0. The molecule has 33 heavy (non-hydrogen) atoms. The monoisotopic (exact) mass is 445 g/mol. The normalized spacial score (nSPS) is 11.4. The number of hydrogen-bond acceptors (Lipinski definition) is 8. The van der Waals surface area contributed by atoms with Gasteiger partial charge in [0.05, 0.1) is 11.4 Å². The molecule has 4 rings (SSSR count). The van der Waals surface area contributed by atoms with Crippen molar-refractivity contribution in [3.63, 3.8) is 0 Å². The van der Waals surface area contributed by atoms with Crippen LogP contribution >= 0.6 is 0 Å². The lowest BCUT2D eigenvalue weighted by atomic mass is 10.0. The minimum Gasteiger partial charge on any atom is -0.449 e. The molecule has 0 radical (unpaired) electrons. The number of amides is 2. The highest BCUT2D eigenvalue weighted by molar-refractivity contribution is 5.99. The summed E-state index contributed by atoms with van der Waals surface area (Å²) in [6, 6.07) is 8.13. The van der Waals surface area contributed by atoms with Gasteiger partial charge < -0.3 is 15.3 Å². The maximum atomic E-state index is 12.5. The number of nitrogens with zero attached hydrogens (tertiary/aromatic N) is 6. The molecule has 3 aromatic heterocycles. The van der Waals surface area contributed by atoms with E-state index in [1.807, 2.05) is 19.1 Å². The van der Waals surface area contributed by atoms with E-state index in [1.165, 1.54) is 17.4 Å². The molecule has 10 nitrogen and oxygen atoms in total. The zero-order valence-corrected chi connectivity index (χ0v) is 18.6. The van der Waals surface area contributed by atoms with Gasteiger partial charge in [-0.05, 0) is 44.5 Å². The number of hydrogen-bond donors (Lipinski definition) is 2. The topological polar surface area (TPSA) is 144 Å². The van der Waals surface area contributed by atoms with Crippen LogP contribution in [0.4, 0.5) is 16.3 Å². The van der Waals surface area contributed by atoms with Gasteiger partial charge in [-0.2, -0.15) is 0 Å². The number of aromatic nitrogens is 5. The number of anilines is 2. The zero-order chi connectivity index (χ0) is 23.8. The molecular weight excluding hydrogens is 422 g/mol. The predicted molar refractivity (Wildman–Crippen MR) is 121 cm³/mol. The van der Waals surface area contributed by atoms with Crippen LogP contribution in [-0.4, -0.2) is 36.1 Å². The highest BCUT2D eigenvalue weighted by Crippen LogP contribution is 2.32. The number of carbonyl (C=O) groups is 1. The highest BCUT2D eigenvalue weighted by atomic mass is 16.3. The van der Waals surface area contributed by atoms with Crippen LogP contribution in [0.15, 0.2) is 53.4 Å². The van der Waals surface area contributed by atoms with E-state index in [2.05, 4.69) is 24.9 Å². The molecule has 2 amide bonds. The highest BCUT2D eigenvalue weighted by Gasteiger charge is 2.23. The number of benzene rings is 1. The molecule has 4 aromatic rings. The molecule has 1 aromatic carbocycles. The van der Waals surface area contributed by atoms with Gasteiger partial charge >= 0.3 is 6.03 Å². The Morgan fingerprint density at radius 3 is 2.45 bits per heavy atom. The first kappa shape index (κ1) is 22.0. The van der Waals surface area contributed by atoms with Crippen LogP contribution in [0.25, 0.3) is 22.8 Å². The molecule has 0 aliphatic rings. The second kappa shape index (κ2) is 8.40. The van der Waals surface area contributed by atoms with Crippen molar-refractivity contribution in [1.82, 2.24) is 24.9 Å². The fraction of sp³-hybridized carbons (Fsp3) is 0.217. The van der Waals surface area contributed by atoms with Crippen LogP contribution < -0.4 is 10.6 Å². The van der Waals surface area contributed by atoms with Gasteiger partial charge in [-0.3, -0.25) is 0 Å². The van der Waals surface area contributed by atoms with E-state index >= 15 is 0 Å². The van der Waals surface area contributed by atoms with Gasteiger partial charge in [0, 0.05) is 24.9 Å².